The van der Waals surface area contributed by atoms with Gasteiger partial charge >= 0.3 is 0 Å². The van der Waals surface area contributed by atoms with Crippen molar-refractivity contribution in [2.24, 2.45) is 5.73 Å². The van der Waals surface area contributed by atoms with Crippen molar-refractivity contribution in [2.45, 2.75) is 37.9 Å². The number of carbonyl (C=O) groups excluding carboxylic acids is 2. The molecule has 3 N–H and O–H groups in total. The van der Waals surface area contributed by atoms with E-state index in [-0.39, 0.29) is 11.8 Å². The summed E-state index contributed by atoms with van der Waals surface area (Å²) in [5.74, 6) is -0.294. The highest BCUT2D eigenvalue weighted by molar-refractivity contribution is 7.16. The zero-order chi connectivity index (χ0) is 18.5. The summed E-state index contributed by atoms with van der Waals surface area (Å²) in [5.41, 5.74) is 7.14. The summed E-state index contributed by atoms with van der Waals surface area (Å²) in [6.45, 7) is 0.995. The molecule has 3 rings (SSSR count). The van der Waals surface area contributed by atoms with Gasteiger partial charge in [-0.25, -0.2) is 0 Å². The predicted molar refractivity (Wildman–Crippen MR) is 104 cm³/mol. The Balaban J connectivity index is 1.57. The van der Waals surface area contributed by atoms with Gasteiger partial charge < -0.3 is 16.0 Å². The van der Waals surface area contributed by atoms with Crippen molar-refractivity contribution >= 4 is 34.8 Å². The maximum absolute atomic E-state index is 12.7. The maximum atomic E-state index is 12.7. The van der Waals surface area contributed by atoms with Gasteiger partial charge in [0.25, 0.3) is 0 Å². The van der Waals surface area contributed by atoms with Crippen LogP contribution in [0.1, 0.15) is 23.3 Å². The second kappa shape index (κ2) is 8.66. The number of halogens is 1. The predicted octanol–water partition coefficient (Wildman–Crippen LogP) is 2.58. The fourth-order valence-corrected chi connectivity index (χ4v) is 4.24. The molecule has 5 nitrogen and oxygen atoms in total. The normalized spacial score (nSPS) is 17.9. The fraction of sp³-hybridized carbons (Fsp3) is 0.368. The summed E-state index contributed by atoms with van der Waals surface area (Å²) >= 11 is 7.34. The number of carbonyl (C=O) groups is 2. The first kappa shape index (κ1) is 18.9. The molecule has 0 unspecified atom stereocenters. The molecule has 2 aromatic rings. The van der Waals surface area contributed by atoms with Gasteiger partial charge in [-0.1, -0.05) is 41.9 Å². The quantitative estimate of drug-likeness (QED) is 0.794. The van der Waals surface area contributed by atoms with Gasteiger partial charge in [-0.2, -0.15) is 0 Å². The number of amides is 2. The number of nitrogens with one attached hydrogen (secondary N) is 1. The zero-order valence-electron chi connectivity index (χ0n) is 14.4. The van der Waals surface area contributed by atoms with E-state index < -0.39 is 12.1 Å². The molecule has 2 heterocycles. The summed E-state index contributed by atoms with van der Waals surface area (Å²) in [7, 11) is 0. The topological polar surface area (TPSA) is 75.4 Å². The number of thiophene rings is 1. The number of hydrogen-bond donors (Lipinski definition) is 2. The van der Waals surface area contributed by atoms with Crippen molar-refractivity contribution in [3.8, 4) is 0 Å². The van der Waals surface area contributed by atoms with Crippen molar-refractivity contribution in [3.63, 3.8) is 0 Å². The second-order valence-corrected chi connectivity index (χ2v) is 8.21. The summed E-state index contributed by atoms with van der Waals surface area (Å²) in [4.78, 5) is 27.9. The van der Waals surface area contributed by atoms with Crippen molar-refractivity contribution in [1.29, 1.82) is 0 Å². The van der Waals surface area contributed by atoms with Crippen molar-refractivity contribution < 1.29 is 9.59 Å². The van der Waals surface area contributed by atoms with Crippen molar-refractivity contribution in [3.05, 3.63) is 57.2 Å². The highest BCUT2D eigenvalue weighted by Gasteiger charge is 2.36. The van der Waals surface area contributed by atoms with E-state index in [1.54, 1.807) is 4.90 Å². The lowest BCUT2D eigenvalue weighted by Crippen LogP contribution is -2.51. The minimum Gasteiger partial charge on any atom is -0.349 e. The summed E-state index contributed by atoms with van der Waals surface area (Å²) < 4.78 is 0.693. The lowest BCUT2D eigenvalue weighted by Gasteiger charge is -2.26. The Morgan fingerprint density at radius 2 is 2.04 bits per heavy atom. The minimum atomic E-state index is -0.637. The van der Waals surface area contributed by atoms with E-state index in [2.05, 4.69) is 5.32 Å². The molecule has 1 aliphatic heterocycles. The number of likely N-dealkylation sites (tertiary alicyclic amines) is 1. The van der Waals surface area contributed by atoms with Crippen LogP contribution >= 0.6 is 22.9 Å². The summed E-state index contributed by atoms with van der Waals surface area (Å²) in [6, 6.07) is 12.3. The SMILES string of the molecule is N[C@H](Cc1ccccc1)C(=O)N1CCC[C@H]1C(=O)NCc1ccc(Cl)s1. The molecule has 1 aliphatic rings. The number of hydrogen-bond acceptors (Lipinski definition) is 4. The van der Waals surface area contributed by atoms with E-state index in [4.69, 9.17) is 17.3 Å². The molecule has 0 aliphatic carbocycles. The molecule has 1 fully saturated rings. The molecule has 7 heteroatoms. The fourth-order valence-electron chi connectivity index (χ4n) is 3.21. The van der Waals surface area contributed by atoms with Crippen LogP contribution in [0.2, 0.25) is 4.34 Å². The average Bonchev–Trinajstić information content (AvgIpc) is 3.29. The van der Waals surface area contributed by atoms with Crippen LogP contribution in [0.5, 0.6) is 0 Å². The molecular formula is C19H22ClN3O2S. The van der Waals surface area contributed by atoms with Crippen LogP contribution in [0.25, 0.3) is 0 Å². The molecule has 138 valence electrons. The van der Waals surface area contributed by atoms with E-state index in [9.17, 15) is 9.59 Å². The van der Waals surface area contributed by atoms with Gasteiger partial charge in [-0.15, -0.1) is 11.3 Å². The molecule has 0 bridgehead atoms. The first-order valence-corrected chi connectivity index (χ1v) is 9.86. The molecule has 2 amide bonds. The van der Waals surface area contributed by atoms with Crippen molar-refractivity contribution in [2.75, 3.05) is 6.54 Å². The standard InChI is InChI=1S/C19H22ClN3O2S/c20-17-9-8-14(26-17)12-22-18(24)16-7-4-10-23(16)19(25)15(21)11-13-5-2-1-3-6-13/h1-3,5-6,8-9,15-16H,4,7,10-12,21H2,(H,22,24)/t15-,16+/m1/s1. The lowest BCUT2D eigenvalue weighted by molar-refractivity contribution is -0.139. The van der Waals surface area contributed by atoms with Crippen molar-refractivity contribution in [1.82, 2.24) is 10.2 Å². The van der Waals surface area contributed by atoms with Crippen LogP contribution in [0.3, 0.4) is 0 Å². The average molecular weight is 392 g/mol. The van der Waals surface area contributed by atoms with Crippen LogP contribution in [-0.4, -0.2) is 35.3 Å². The summed E-state index contributed by atoms with van der Waals surface area (Å²) in [5, 5.41) is 2.91. The Hall–Kier alpha value is -1.89. The Morgan fingerprint density at radius 1 is 1.27 bits per heavy atom. The van der Waals surface area contributed by atoms with E-state index in [0.717, 1.165) is 16.9 Å². The van der Waals surface area contributed by atoms with Gasteiger partial charge in [-0.3, -0.25) is 9.59 Å². The Labute approximate surface area is 162 Å². The van der Waals surface area contributed by atoms with E-state index in [1.807, 2.05) is 42.5 Å². The highest BCUT2D eigenvalue weighted by Crippen LogP contribution is 2.22. The Bertz CT molecular complexity index is 765. The zero-order valence-corrected chi connectivity index (χ0v) is 15.9. The lowest BCUT2D eigenvalue weighted by atomic mass is 10.1. The first-order valence-electron chi connectivity index (χ1n) is 8.66. The second-order valence-electron chi connectivity index (χ2n) is 6.41. The van der Waals surface area contributed by atoms with Gasteiger partial charge in [0, 0.05) is 11.4 Å². The van der Waals surface area contributed by atoms with Crippen LogP contribution in [-0.2, 0) is 22.6 Å². The molecule has 1 saturated heterocycles. The summed E-state index contributed by atoms with van der Waals surface area (Å²) in [6.07, 6.45) is 1.95. The first-order chi connectivity index (χ1) is 12.5. The third-order valence-electron chi connectivity index (χ3n) is 4.52. The smallest absolute Gasteiger partial charge is 0.243 e. The van der Waals surface area contributed by atoms with Crippen LogP contribution in [0.4, 0.5) is 0 Å². The molecule has 0 radical (unpaired) electrons. The molecule has 2 atom stereocenters. The largest absolute Gasteiger partial charge is 0.349 e. The van der Waals surface area contributed by atoms with Gasteiger partial charge in [0.05, 0.1) is 16.9 Å². The number of benzene rings is 1. The molecule has 1 aromatic heterocycles. The maximum Gasteiger partial charge on any atom is 0.243 e. The minimum absolute atomic E-state index is 0.132. The van der Waals surface area contributed by atoms with E-state index >= 15 is 0 Å². The van der Waals surface area contributed by atoms with Crippen LogP contribution in [0, 0.1) is 0 Å². The van der Waals surface area contributed by atoms with E-state index in [1.165, 1.54) is 11.3 Å². The number of rotatable bonds is 6. The molecular weight excluding hydrogens is 370 g/mol. The van der Waals surface area contributed by atoms with Crippen LogP contribution < -0.4 is 11.1 Å². The van der Waals surface area contributed by atoms with Gasteiger partial charge in [0.15, 0.2) is 0 Å². The molecule has 26 heavy (non-hydrogen) atoms. The van der Waals surface area contributed by atoms with Gasteiger partial charge in [0.1, 0.15) is 6.04 Å². The van der Waals surface area contributed by atoms with Gasteiger partial charge in [-0.05, 0) is 37.0 Å². The third-order valence-corrected chi connectivity index (χ3v) is 5.75. The molecule has 1 aromatic carbocycles. The number of nitrogens with zero attached hydrogens (tertiary/aromatic N) is 1. The number of nitrogens with two attached hydrogens (primary N) is 1. The Morgan fingerprint density at radius 3 is 2.73 bits per heavy atom. The highest BCUT2D eigenvalue weighted by atomic mass is 35.5. The van der Waals surface area contributed by atoms with E-state index in [0.29, 0.717) is 30.3 Å². The van der Waals surface area contributed by atoms with Gasteiger partial charge in [0.2, 0.25) is 11.8 Å². The molecule has 0 saturated carbocycles. The Kier molecular flexibility index (Phi) is 6.29. The third kappa shape index (κ3) is 4.63. The van der Waals surface area contributed by atoms with Crippen LogP contribution in [0.15, 0.2) is 42.5 Å². The monoisotopic (exact) mass is 391 g/mol. The molecule has 0 spiro atoms.